The number of nitrogens with zero attached hydrogens (tertiary/aromatic N) is 4. The molecule has 0 saturated carbocycles. The molecule has 0 bridgehead atoms. The number of ether oxygens (including phenoxy) is 2. The van der Waals surface area contributed by atoms with E-state index in [1.54, 1.807) is 14.2 Å². The second-order valence-electron chi connectivity index (χ2n) is 8.68. The Morgan fingerprint density at radius 1 is 1.26 bits per heavy atom. The maximum Gasteiger partial charge on any atom is 0.193 e. The average Bonchev–Trinajstić information content (AvgIpc) is 3.37. The molecule has 1 saturated heterocycles. The highest BCUT2D eigenvalue weighted by atomic mass is 127. The highest BCUT2D eigenvalue weighted by Gasteiger charge is 2.28. The quantitative estimate of drug-likeness (QED) is 0.331. The van der Waals surface area contributed by atoms with Crippen molar-refractivity contribution >= 4 is 29.9 Å². The van der Waals surface area contributed by atoms with Crippen LogP contribution in [0.4, 0.5) is 0 Å². The lowest BCUT2D eigenvalue weighted by atomic mass is 9.84. The van der Waals surface area contributed by atoms with Gasteiger partial charge in [-0.1, -0.05) is 19.9 Å². The average molecular weight is 541 g/mol. The first-order valence-electron chi connectivity index (χ1n) is 10.5. The summed E-state index contributed by atoms with van der Waals surface area (Å²) in [5.74, 6) is 3.10. The topological polar surface area (TPSA) is 63.9 Å². The summed E-state index contributed by atoms with van der Waals surface area (Å²) >= 11 is 0. The number of aromatic nitrogens is 2. The first kappa shape index (κ1) is 25.3. The van der Waals surface area contributed by atoms with Crippen molar-refractivity contribution in [2.24, 2.45) is 18.0 Å². The molecule has 1 unspecified atom stereocenters. The van der Waals surface area contributed by atoms with E-state index in [4.69, 9.17) is 9.47 Å². The summed E-state index contributed by atoms with van der Waals surface area (Å²) in [6.45, 7) is 7.28. The van der Waals surface area contributed by atoms with Crippen LogP contribution in [0, 0.1) is 5.92 Å². The van der Waals surface area contributed by atoms with E-state index < -0.39 is 0 Å². The Kier molecular flexibility index (Phi) is 9.02. The number of hydrogen-bond acceptors (Lipinski definition) is 4. The summed E-state index contributed by atoms with van der Waals surface area (Å²) in [6, 6.07) is 6.13. The molecule has 3 rings (SSSR count). The van der Waals surface area contributed by atoms with Crippen LogP contribution in [0.5, 0.6) is 11.5 Å². The van der Waals surface area contributed by atoms with Gasteiger partial charge in [0.25, 0.3) is 0 Å². The Morgan fingerprint density at radius 3 is 2.61 bits per heavy atom. The summed E-state index contributed by atoms with van der Waals surface area (Å²) in [7, 11) is 7.16. The summed E-state index contributed by atoms with van der Waals surface area (Å²) in [5.41, 5.74) is 2.41. The molecule has 1 aromatic carbocycles. The van der Waals surface area contributed by atoms with Gasteiger partial charge in [0.15, 0.2) is 17.5 Å². The lowest BCUT2D eigenvalue weighted by molar-refractivity contribution is 0.353. The second-order valence-corrected chi connectivity index (χ2v) is 8.68. The number of aliphatic imine (C=N–C) groups is 1. The Labute approximate surface area is 203 Å². The molecule has 1 atom stereocenters. The van der Waals surface area contributed by atoms with Gasteiger partial charge in [0.2, 0.25) is 0 Å². The van der Waals surface area contributed by atoms with Gasteiger partial charge in [-0.25, -0.2) is 0 Å². The summed E-state index contributed by atoms with van der Waals surface area (Å²) < 4.78 is 12.7. The van der Waals surface area contributed by atoms with Gasteiger partial charge in [-0.05, 0) is 42.0 Å². The minimum absolute atomic E-state index is 0. The molecular formula is C23H36IN5O2. The summed E-state index contributed by atoms with van der Waals surface area (Å²) in [4.78, 5) is 6.91. The van der Waals surface area contributed by atoms with E-state index in [9.17, 15) is 0 Å². The fourth-order valence-electron chi connectivity index (χ4n) is 4.09. The van der Waals surface area contributed by atoms with E-state index in [1.807, 2.05) is 31.0 Å². The number of benzene rings is 1. The van der Waals surface area contributed by atoms with Gasteiger partial charge < -0.3 is 19.7 Å². The molecule has 0 amide bonds. The normalized spacial score (nSPS) is 16.8. The minimum Gasteiger partial charge on any atom is -0.493 e. The third-order valence-electron chi connectivity index (χ3n) is 5.93. The van der Waals surface area contributed by atoms with Gasteiger partial charge in [-0.3, -0.25) is 9.67 Å². The van der Waals surface area contributed by atoms with Crippen LogP contribution in [0.3, 0.4) is 0 Å². The van der Waals surface area contributed by atoms with Crippen LogP contribution in [-0.4, -0.2) is 61.5 Å². The summed E-state index contributed by atoms with van der Waals surface area (Å²) in [6.07, 6.45) is 6.33. The molecule has 1 aliphatic heterocycles. The molecule has 8 heteroatoms. The van der Waals surface area contributed by atoms with Gasteiger partial charge in [-0.2, -0.15) is 5.10 Å². The third-order valence-corrected chi connectivity index (χ3v) is 5.93. The Morgan fingerprint density at radius 2 is 2.00 bits per heavy atom. The molecule has 2 heterocycles. The first-order valence-corrected chi connectivity index (χ1v) is 10.5. The maximum absolute atomic E-state index is 5.48. The summed E-state index contributed by atoms with van der Waals surface area (Å²) in [5, 5.41) is 7.88. The third kappa shape index (κ3) is 6.27. The zero-order chi connectivity index (χ0) is 21.7. The van der Waals surface area contributed by atoms with Crippen molar-refractivity contribution in [3.05, 3.63) is 41.7 Å². The Bertz CT molecular complexity index is 881. The van der Waals surface area contributed by atoms with Gasteiger partial charge in [0.05, 0.1) is 20.4 Å². The van der Waals surface area contributed by atoms with Gasteiger partial charge >= 0.3 is 0 Å². The Hall–Kier alpha value is -1.97. The number of likely N-dealkylation sites (tertiary alicyclic amines) is 1. The van der Waals surface area contributed by atoms with Crippen molar-refractivity contribution in [1.82, 2.24) is 20.0 Å². The monoisotopic (exact) mass is 541 g/mol. The van der Waals surface area contributed by atoms with Crippen molar-refractivity contribution in [2.75, 3.05) is 40.9 Å². The molecule has 1 fully saturated rings. The molecular weight excluding hydrogens is 505 g/mol. The van der Waals surface area contributed by atoms with Gasteiger partial charge in [0.1, 0.15) is 0 Å². The number of nitrogens with one attached hydrogen (secondary N) is 1. The van der Waals surface area contributed by atoms with Crippen LogP contribution < -0.4 is 14.8 Å². The minimum atomic E-state index is -0.0929. The fraction of sp³-hybridized carbons (Fsp3) is 0.565. The molecule has 31 heavy (non-hydrogen) atoms. The van der Waals surface area contributed by atoms with Crippen LogP contribution in [0.1, 0.15) is 31.4 Å². The van der Waals surface area contributed by atoms with E-state index in [2.05, 4.69) is 52.5 Å². The number of aryl methyl sites for hydroxylation is 1. The molecule has 2 aromatic rings. The molecule has 172 valence electrons. The van der Waals surface area contributed by atoms with Crippen LogP contribution in [0.15, 0.2) is 35.6 Å². The van der Waals surface area contributed by atoms with Crippen LogP contribution in [-0.2, 0) is 18.9 Å². The van der Waals surface area contributed by atoms with E-state index in [0.717, 1.165) is 43.5 Å². The standard InChI is InChI=1S/C23H35N5O2.HI/c1-23(2,19-7-8-20(29-5)21(12-19)30-6)16-25-22(24-3)28-10-9-17(15-28)11-18-13-26-27(4)14-18;/h7-8,12-14,17H,9-11,15-16H2,1-6H3,(H,24,25);1H. The molecule has 0 aliphatic carbocycles. The lowest BCUT2D eigenvalue weighted by Crippen LogP contribution is -2.45. The highest BCUT2D eigenvalue weighted by Crippen LogP contribution is 2.33. The number of rotatable bonds is 7. The van der Waals surface area contributed by atoms with E-state index in [0.29, 0.717) is 5.92 Å². The number of hydrogen-bond donors (Lipinski definition) is 1. The molecule has 1 aromatic heterocycles. The SMILES string of the molecule is CN=C(NCC(C)(C)c1ccc(OC)c(OC)c1)N1CCC(Cc2cnn(C)c2)C1.I. The first-order chi connectivity index (χ1) is 14.4. The van der Waals surface area contributed by atoms with E-state index in [1.165, 1.54) is 17.5 Å². The zero-order valence-electron chi connectivity index (χ0n) is 19.5. The van der Waals surface area contributed by atoms with Crippen molar-refractivity contribution in [2.45, 2.75) is 32.1 Å². The predicted molar refractivity (Wildman–Crippen MR) is 136 cm³/mol. The van der Waals surface area contributed by atoms with Crippen LogP contribution in [0.2, 0.25) is 0 Å². The smallest absolute Gasteiger partial charge is 0.193 e. The molecule has 0 spiro atoms. The van der Waals surface area contributed by atoms with Crippen molar-refractivity contribution < 1.29 is 9.47 Å². The van der Waals surface area contributed by atoms with E-state index >= 15 is 0 Å². The number of methoxy groups -OCH3 is 2. The number of halogens is 1. The number of guanidine groups is 1. The lowest BCUT2D eigenvalue weighted by Gasteiger charge is -2.29. The van der Waals surface area contributed by atoms with Crippen molar-refractivity contribution in [3.63, 3.8) is 0 Å². The predicted octanol–water partition coefficient (Wildman–Crippen LogP) is 3.47. The Balaban J connectivity index is 0.00000341. The van der Waals surface area contributed by atoms with E-state index in [-0.39, 0.29) is 29.4 Å². The van der Waals surface area contributed by atoms with Gasteiger partial charge in [0, 0.05) is 45.3 Å². The van der Waals surface area contributed by atoms with Gasteiger partial charge in [-0.15, -0.1) is 24.0 Å². The van der Waals surface area contributed by atoms with Crippen LogP contribution >= 0.6 is 24.0 Å². The fourth-order valence-corrected chi connectivity index (χ4v) is 4.09. The maximum atomic E-state index is 5.48. The zero-order valence-corrected chi connectivity index (χ0v) is 21.8. The van der Waals surface area contributed by atoms with Crippen molar-refractivity contribution in [3.8, 4) is 11.5 Å². The molecule has 1 N–H and O–H groups in total. The molecule has 0 radical (unpaired) electrons. The largest absolute Gasteiger partial charge is 0.493 e. The molecule has 7 nitrogen and oxygen atoms in total. The highest BCUT2D eigenvalue weighted by molar-refractivity contribution is 14.0. The van der Waals surface area contributed by atoms with Crippen molar-refractivity contribution in [1.29, 1.82) is 0 Å². The van der Waals surface area contributed by atoms with Crippen LogP contribution in [0.25, 0.3) is 0 Å². The second kappa shape index (κ2) is 11.1. The molecule has 1 aliphatic rings.